The molecule has 1 rings (SSSR count). The lowest BCUT2D eigenvalue weighted by Crippen LogP contribution is -2.34. The fourth-order valence-electron chi connectivity index (χ4n) is 1.00. The molecule has 0 saturated heterocycles. The topological polar surface area (TPSA) is 76.8 Å². The molecule has 0 fully saturated rings. The molecule has 4 heteroatoms. The summed E-state index contributed by atoms with van der Waals surface area (Å²) in [5, 5.41) is 0. The minimum absolute atomic E-state index is 0.171. The number of nitrogens with zero attached hydrogens (tertiary/aromatic N) is 2. The molecule has 56 valence electrons. The van der Waals surface area contributed by atoms with Crippen LogP contribution in [0.2, 0.25) is 0 Å². The quantitative estimate of drug-likeness (QED) is 0.490. The van der Waals surface area contributed by atoms with Gasteiger partial charge in [-0.3, -0.25) is 0 Å². The van der Waals surface area contributed by atoms with Crippen LogP contribution in [0.1, 0.15) is 20.3 Å². The smallest absolute Gasteiger partial charge is 0.217 e. The van der Waals surface area contributed by atoms with Crippen LogP contribution < -0.4 is 11.5 Å². The van der Waals surface area contributed by atoms with E-state index < -0.39 is 0 Å². The van der Waals surface area contributed by atoms with E-state index in [0.717, 1.165) is 0 Å². The Bertz CT molecular complexity index is 202. The van der Waals surface area contributed by atoms with E-state index in [9.17, 15) is 0 Å². The molecule has 0 saturated carbocycles. The van der Waals surface area contributed by atoms with Crippen LogP contribution in [0.15, 0.2) is 9.98 Å². The molecule has 4 N–H and O–H groups in total. The molecule has 0 aliphatic carbocycles. The van der Waals surface area contributed by atoms with Crippen LogP contribution in [-0.4, -0.2) is 17.3 Å². The number of hydrogen-bond donors (Lipinski definition) is 2. The third kappa shape index (κ3) is 1.46. The van der Waals surface area contributed by atoms with Gasteiger partial charge < -0.3 is 11.5 Å². The average Bonchev–Trinajstić information content (AvgIpc) is 1.54. The lowest BCUT2D eigenvalue weighted by atomic mass is 10.0. The first-order valence-corrected chi connectivity index (χ1v) is 3.18. The van der Waals surface area contributed by atoms with Crippen molar-refractivity contribution in [1.29, 1.82) is 0 Å². The monoisotopic (exact) mass is 140 g/mol. The summed E-state index contributed by atoms with van der Waals surface area (Å²) in [4.78, 5) is 7.89. The largest absolute Gasteiger partial charge is 0.387 e. The highest BCUT2D eigenvalue weighted by Gasteiger charge is 2.22. The second-order valence-electron chi connectivity index (χ2n) is 3.06. The van der Waals surface area contributed by atoms with Crippen LogP contribution in [0.25, 0.3) is 0 Å². The van der Waals surface area contributed by atoms with Crippen LogP contribution >= 0.6 is 0 Å². The van der Waals surface area contributed by atoms with Crippen molar-refractivity contribution in [3.63, 3.8) is 0 Å². The molecule has 1 aliphatic rings. The summed E-state index contributed by atoms with van der Waals surface area (Å²) in [7, 11) is 0. The standard InChI is InChI=1S/C6H12N4/c1-6(2)3-4(7)9-5(8)10-6/h3H2,1-2H3,(H4,7,8,9,10). The molecule has 4 nitrogen and oxygen atoms in total. The summed E-state index contributed by atoms with van der Waals surface area (Å²) in [5.41, 5.74) is 10.7. The first-order chi connectivity index (χ1) is 4.49. The maximum absolute atomic E-state index is 5.49. The molecule has 0 amide bonds. The minimum atomic E-state index is -0.171. The Balaban J connectivity index is 2.88. The van der Waals surface area contributed by atoms with Gasteiger partial charge in [-0.2, -0.15) is 0 Å². The fraction of sp³-hybridized carbons (Fsp3) is 0.667. The van der Waals surface area contributed by atoms with E-state index in [2.05, 4.69) is 9.98 Å². The third-order valence-electron chi connectivity index (χ3n) is 1.29. The van der Waals surface area contributed by atoms with Crippen molar-refractivity contribution in [2.24, 2.45) is 21.5 Å². The summed E-state index contributed by atoms with van der Waals surface area (Å²) in [5.74, 6) is 0.853. The van der Waals surface area contributed by atoms with E-state index in [4.69, 9.17) is 11.5 Å². The summed E-state index contributed by atoms with van der Waals surface area (Å²) in [6.45, 7) is 3.95. The van der Waals surface area contributed by atoms with E-state index in [1.165, 1.54) is 0 Å². The van der Waals surface area contributed by atoms with Gasteiger partial charge in [-0.25, -0.2) is 9.98 Å². The molecule has 10 heavy (non-hydrogen) atoms. The second kappa shape index (κ2) is 1.97. The average molecular weight is 140 g/mol. The predicted molar refractivity (Wildman–Crippen MR) is 41.9 cm³/mol. The van der Waals surface area contributed by atoms with E-state index in [1.54, 1.807) is 0 Å². The Kier molecular flexibility index (Phi) is 1.39. The van der Waals surface area contributed by atoms with Gasteiger partial charge in [0.1, 0.15) is 5.84 Å². The van der Waals surface area contributed by atoms with Gasteiger partial charge in [-0.1, -0.05) is 0 Å². The zero-order valence-electron chi connectivity index (χ0n) is 6.26. The highest BCUT2D eigenvalue weighted by Crippen LogP contribution is 2.16. The molecule has 0 unspecified atom stereocenters. The van der Waals surface area contributed by atoms with Gasteiger partial charge >= 0.3 is 0 Å². The van der Waals surface area contributed by atoms with Gasteiger partial charge in [0.15, 0.2) is 0 Å². The Morgan fingerprint density at radius 2 is 2.00 bits per heavy atom. The number of aliphatic imine (C=N–C) groups is 2. The van der Waals surface area contributed by atoms with E-state index >= 15 is 0 Å². The van der Waals surface area contributed by atoms with Crippen molar-refractivity contribution < 1.29 is 0 Å². The zero-order valence-corrected chi connectivity index (χ0v) is 6.26. The molecule has 0 atom stereocenters. The van der Waals surface area contributed by atoms with Crippen LogP contribution in [-0.2, 0) is 0 Å². The molecule has 0 radical (unpaired) electrons. The van der Waals surface area contributed by atoms with Gasteiger partial charge in [0, 0.05) is 6.42 Å². The maximum Gasteiger partial charge on any atom is 0.217 e. The van der Waals surface area contributed by atoms with Crippen LogP contribution in [0.5, 0.6) is 0 Å². The van der Waals surface area contributed by atoms with E-state index in [-0.39, 0.29) is 11.5 Å². The second-order valence-corrected chi connectivity index (χ2v) is 3.06. The van der Waals surface area contributed by atoms with Crippen molar-refractivity contribution in [1.82, 2.24) is 0 Å². The van der Waals surface area contributed by atoms with Gasteiger partial charge in [0.25, 0.3) is 0 Å². The molecule has 0 aromatic rings. The number of guanidine groups is 1. The minimum Gasteiger partial charge on any atom is -0.387 e. The van der Waals surface area contributed by atoms with E-state index in [0.29, 0.717) is 12.3 Å². The lowest BCUT2D eigenvalue weighted by Gasteiger charge is -2.22. The highest BCUT2D eigenvalue weighted by molar-refractivity contribution is 5.97. The van der Waals surface area contributed by atoms with Crippen molar-refractivity contribution in [3.05, 3.63) is 0 Å². The molecule has 1 heterocycles. The number of rotatable bonds is 0. The molecule has 0 spiro atoms. The molecular weight excluding hydrogens is 128 g/mol. The van der Waals surface area contributed by atoms with Crippen molar-refractivity contribution >= 4 is 11.8 Å². The highest BCUT2D eigenvalue weighted by atomic mass is 15.1. The normalized spacial score (nSPS) is 23.4. The van der Waals surface area contributed by atoms with Crippen LogP contribution in [0.3, 0.4) is 0 Å². The number of nitrogens with two attached hydrogens (primary N) is 2. The van der Waals surface area contributed by atoms with Crippen molar-refractivity contribution in [3.8, 4) is 0 Å². The predicted octanol–water partition coefficient (Wildman–Crippen LogP) is -0.159. The summed E-state index contributed by atoms with van der Waals surface area (Å²) in [6, 6.07) is 0. The molecule has 0 aromatic heterocycles. The van der Waals surface area contributed by atoms with Crippen molar-refractivity contribution in [2.45, 2.75) is 25.8 Å². The maximum atomic E-state index is 5.49. The number of hydrogen-bond acceptors (Lipinski definition) is 4. The SMILES string of the molecule is CC1(C)CC(N)=NC(N)=N1. The van der Waals surface area contributed by atoms with Crippen molar-refractivity contribution in [2.75, 3.05) is 0 Å². The summed E-state index contributed by atoms with van der Waals surface area (Å²) in [6.07, 6.45) is 0.688. The van der Waals surface area contributed by atoms with Gasteiger partial charge in [-0.05, 0) is 13.8 Å². The molecule has 1 aliphatic heterocycles. The fourth-order valence-corrected chi connectivity index (χ4v) is 1.00. The molecule has 0 bridgehead atoms. The Morgan fingerprint density at radius 1 is 1.40 bits per heavy atom. The first-order valence-electron chi connectivity index (χ1n) is 3.18. The number of amidine groups is 1. The lowest BCUT2D eigenvalue weighted by molar-refractivity contribution is 0.536. The Morgan fingerprint density at radius 3 is 2.40 bits per heavy atom. The Labute approximate surface area is 60.0 Å². The van der Waals surface area contributed by atoms with Gasteiger partial charge in [0.05, 0.1) is 5.54 Å². The summed E-state index contributed by atoms with van der Waals surface area (Å²) >= 11 is 0. The third-order valence-corrected chi connectivity index (χ3v) is 1.29. The van der Waals surface area contributed by atoms with Crippen LogP contribution in [0.4, 0.5) is 0 Å². The van der Waals surface area contributed by atoms with Crippen LogP contribution in [0, 0.1) is 0 Å². The summed E-state index contributed by atoms with van der Waals surface area (Å²) < 4.78 is 0. The zero-order chi connectivity index (χ0) is 7.78. The van der Waals surface area contributed by atoms with E-state index in [1.807, 2.05) is 13.8 Å². The van der Waals surface area contributed by atoms with Gasteiger partial charge in [-0.15, -0.1) is 0 Å². The first kappa shape index (κ1) is 7.05. The molecule has 0 aromatic carbocycles. The van der Waals surface area contributed by atoms with Gasteiger partial charge in [0.2, 0.25) is 5.96 Å². The molecular formula is C6H12N4. The Hall–Kier alpha value is -1.06.